The van der Waals surface area contributed by atoms with Gasteiger partial charge in [-0.1, -0.05) is 19.8 Å². The molecule has 4 nitrogen and oxygen atoms in total. The first-order valence-corrected chi connectivity index (χ1v) is 7.30. The summed E-state index contributed by atoms with van der Waals surface area (Å²) >= 11 is 0. The second-order valence-corrected chi connectivity index (χ2v) is 5.72. The topological polar surface area (TPSA) is 66.4 Å². The quantitative estimate of drug-likeness (QED) is 0.792. The highest BCUT2D eigenvalue weighted by atomic mass is 19.4. The molecule has 2 N–H and O–H groups in total. The predicted molar refractivity (Wildman–Crippen MR) is 70.5 cm³/mol. The molecule has 1 aliphatic carbocycles. The Labute approximate surface area is 122 Å². The Kier molecular flexibility index (Phi) is 6.48. The van der Waals surface area contributed by atoms with E-state index in [-0.39, 0.29) is 37.6 Å². The summed E-state index contributed by atoms with van der Waals surface area (Å²) in [7, 11) is 0. The van der Waals surface area contributed by atoms with Crippen LogP contribution in [0.5, 0.6) is 0 Å². The summed E-state index contributed by atoms with van der Waals surface area (Å²) in [4.78, 5) is 22.6. The van der Waals surface area contributed by atoms with Gasteiger partial charge in [-0.2, -0.15) is 13.2 Å². The number of halogens is 3. The fourth-order valence-electron chi connectivity index (χ4n) is 2.72. The molecule has 1 rings (SSSR count). The van der Waals surface area contributed by atoms with Gasteiger partial charge in [-0.25, -0.2) is 0 Å². The fraction of sp³-hybridized carbons (Fsp3) is 0.857. The Balaban J connectivity index is 2.46. The van der Waals surface area contributed by atoms with Gasteiger partial charge in [-0.3, -0.25) is 9.59 Å². The maximum Gasteiger partial charge on any atom is 0.391 e. The third-order valence-electron chi connectivity index (χ3n) is 4.11. The number of nitrogens with one attached hydrogen (secondary N) is 1. The lowest BCUT2D eigenvalue weighted by molar-refractivity contribution is -0.186. The van der Waals surface area contributed by atoms with Crippen molar-refractivity contribution in [3.8, 4) is 0 Å². The monoisotopic (exact) mass is 309 g/mol. The van der Waals surface area contributed by atoms with Crippen LogP contribution >= 0.6 is 0 Å². The van der Waals surface area contributed by atoms with E-state index in [1.54, 1.807) is 0 Å². The van der Waals surface area contributed by atoms with E-state index in [1.807, 2.05) is 6.92 Å². The van der Waals surface area contributed by atoms with Crippen LogP contribution in [0, 0.1) is 17.8 Å². The number of hydrogen-bond acceptors (Lipinski definition) is 2. The molecule has 0 heterocycles. The van der Waals surface area contributed by atoms with Crippen molar-refractivity contribution in [3.63, 3.8) is 0 Å². The Morgan fingerprint density at radius 2 is 2.00 bits per heavy atom. The number of carboxylic acid groups (broad SMARTS) is 1. The lowest BCUT2D eigenvalue weighted by Gasteiger charge is -2.30. The summed E-state index contributed by atoms with van der Waals surface area (Å²) in [5, 5.41) is 11.3. The average Bonchev–Trinajstić information content (AvgIpc) is 2.41. The highest BCUT2D eigenvalue weighted by Crippen LogP contribution is 2.39. The first-order chi connectivity index (χ1) is 9.74. The van der Waals surface area contributed by atoms with Crippen LogP contribution in [0.15, 0.2) is 0 Å². The van der Waals surface area contributed by atoms with Crippen LogP contribution in [0.25, 0.3) is 0 Å². The third-order valence-corrected chi connectivity index (χ3v) is 4.11. The van der Waals surface area contributed by atoms with Gasteiger partial charge in [0.2, 0.25) is 5.91 Å². The minimum atomic E-state index is -4.24. The molecule has 0 aromatic rings. The molecule has 1 aliphatic rings. The summed E-state index contributed by atoms with van der Waals surface area (Å²) in [5.74, 6) is -3.53. The van der Waals surface area contributed by atoms with Gasteiger partial charge >= 0.3 is 12.1 Å². The van der Waals surface area contributed by atoms with E-state index < -0.39 is 24.0 Å². The van der Waals surface area contributed by atoms with E-state index in [0.717, 1.165) is 0 Å². The summed E-state index contributed by atoms with van der Waals surface area (Å²) in [6, 6.07) is 0. The van der Waals surface area contributed by atoms with Crippen molar-refractivity contribution < 1.29 is 27.9 Å². The van der Waals surface area contributed by atoms with Crippen LogP contribution in [0.4, 0.5) is 13.2 Å². The van der Waals surface area contributed by atoms with Crippen molar-refractivity contribution >= 4 is 11.9 Å². The van der Waals surface area contributed by atoms with E-state index in [0.29, 0.717) is 19.3 Å². The van der Waals surface area contributed by atoms with Gasteiger partial charge in [0, 0.05) is 18.9 Å². The SMILES string of the molecule is CCC(CNC(=O)C1CCCC(C(F)(F)F)C1)CC(=O)O. The van der Waals surface area contributed by atoms with Crippen LogP contribution in [-0.4, -0.2) is 29.7 Å². The molecular formula is C14H22F3NO3. The Bertz CT molecular complexity index is 371. The predicted octanol–water partition coefficient (Wildman–Crippen LogP) is 2.97. The molecule has 0 spiro atoms. The second kappa shape index (κ2) is 7.66. The number of carbonyl (C=O) groups is 2. The fourth-order valence-corrected chi connectivity index (χ4v) is 2.72. The van der Waals surface area contributed by atoms with Crippen molar-refractivity contribution in [2.45, 2.75) is 51.6 Å². The molecule has 7 heteroatoms. The molecule has 0 aromatic carbocycles. The highest BCUT2D eigenvalue weighted by Gasteiger charge is 2.43. The van der Waals surface area contributed by atoms with Gasteiger partial charge in [0.05, 0.1) is 5.92 Å². The minimum absolute atomic E-state index is 0.0490. The van der Waals surface area contributed by atoms with E-state index in [9.17, 15) is 22.8 Å². The molecule has 21 heavy (non-hydrogen) atoms. The molecule has 0 aliphatic heterocycles. The van der Waals surface area contributed by atoms with Crippen molar-refractivity contribution in [1.29, 1.82) is 0 Å². The van der Waals surface area contributed by atoms with Crippen LogP contribution in [0.1, 0.15) is 45.4 Å². The summed E-state index contributed by atoms with van der Waals surface area (Å²) in [5.41, 5.74) is 0. The number of alkyl halides is 3. The number of rotatable bonds is 6. The van der Waals surface area contributed by atoms with Gasteiger partial charge in [-0.15, -0.1) is 0 Å². The van der Waals surface area contributed by atoms with Crippen molar-refractivity contribution in [1.82, 2.24) is 5.32 Å². The molecule has 0 bridgehead atoms. The maximum atomic E-state index is 12.7. The summed E-state index contributed by atoms with van der Waals surface area (Å²) in [6.07, 6.45) is -2.90. The van der Waals surface area contributed by atoms with Crippen LogP contribution < -0.4 is 5.32 Å². The van der Waals surface area contributed by atoms with Gasteiger partial charge < -0.3 is 10.4 Å². The Morgan fingerprint density at radius 1 is 1.33 bits per heavy atom. The average molecular weight is 309 g/mol. The lowest BCUT2D eigenvalue weighted by atomic mass is 9.80. The van der Waals surface area contributed by atoms with Gasteiger partial charge in [0.1, 0.15) is 0 Å². The molecule has 1 fully saturated rings. The zero-order valence-electron chi connectivity index (χ0n) is 12.1. The zero-order chi connectivity index (χ0) is 16.0. The molecular weight excluding hydrogens is 287 g/mol. The molecule has 0 aromatic heterocycles. The van der Waals surface area contributed by atoms with Crippen molar-refractivity contribution in [2.75, 3.05) is 6.54 Å². The molecule has 0 radical (unpaired) electrons. The lowest BCUT2D eigenvalue weighted by Crippen LogP contribution is -2.39. The standard InChI is InChI=1S/C14H22F3NO3/c1-2-9(6-12(19)20)8-18-13(21)10-4-3-5-11(7-10)14(15,16)17/h9-11H,2-8H2,1H3,(H,18,21)(H,19,20). The summed E-state index contributed by atoms with van der Waals surface area (Å²) < 4.78 is 38.1. The normalized spacial score (nSPS) is 24.4. The first-order valence-electron chi connectivity index (χ1n) is 7.30. The highest BCUT2D eigenvalue weighted by molar-refractivity contribution is 5.78. The molecule has 0 saturated heterocycles. The Morgan fingerprint density at radius 3 is 2.52 bits per heavy atom. The third kappa shape index (κ3) is 5.93. The number of hydrogen-bond donors (Lipinski definition) is 2. The van der Waals surface area contributed by atoms with Crippen LogP contribution in [0.3, 0.4) is 0 Å². The number of carboxylic acids is 1. The Hall–Kier alpha value is -1.27. The van der Waals surface area contributed by atoms with Crippen molar-refractivity contribution in [2.24, 2.45) is 17.8 Å². The number of carbonyl (C=O) groups excluding carboxylic acids is 1. The van der Waals surface area contributed by atoms with Gasteiger partial charge in [-0.05, 0) is 25.2 Å². The molecule has 3 unspecified atom stereocenters. The van der Waals surface area contributed by atoms with E-state index in [1.165, 1.54) is 0 Å². The second-order valence-electron chi connectivity index (χ2n) is 5.72. The minimum Gasteiger partial charge on any atom is -0.481 e. The van der Waals surface area contributed by atoms with Gasteiger partial charge in [0.25, 0.3) is 0 Å². The molecule has 1 amide bonds. The molecule has 3 atom stereocenters. The van der Waals surface area contributed by atoms with E-state index in [4.69, 9.17) is 5.11 Å². The molecule has 1 saturated carbocycles. The smallest absolute Gasteiger partial charge is 0.391 e. The molecule has 122 valence electrons. The van der Waals surface area contributed by atoms with E-state index >= 15 is 0 Å². The van der Waals surface area contributed by atoms with Gasteiger partial charge in [0.15, 0.2) is 0 Å². The number of amides is 1. The van der Waals surface area contributed by atoms with E-state index in [2.05, 4.69) is 5.32 Å². The first kappa shape index (κ1) is 17.8. The zero-order valence-corrected chi connectivity index (χ0v) is 12.1. The largest absolute Gasteiger partial charge is 0.481 e. The van der Waals surface area contributed by atoms with Crippen molar-refractivity contribution in [3.05, 3.63) is 0 Å². The summed E-state index contributed by atoms with van der Waals surface area (Å²) in [6.45, 7) is 2.02. The maximum absolute atomic E-state index is 12.7. The number of aliphatic carboxylic acids is 1. The van der Waals surface area contributed by atoms with Crippen LogP contribution in [0.2, 0.25) is 0 Å². The van der Waals surface area contributed by atoms with Crippen LogP contribution in [-0.2, 0) is 9.59 Å².